The van der Waals surface area contributed by atoms with Crippen molar-refractivity contribution in [1.29, 1.82) is 0 Å². The van der Waals surface area contributed by atoms with Crippen LogP contribution in [0.5, 0.6) is 0 Å². The Labute approximate surface area is 154 Å². The van der Waals surface area contributed by atoms with E-state index >= 15 is 0 Å². The zero-order valence-corrected chi connectivity index (χ0v) is 16.6. The lowest BCUT2D eigenvalue weighted by Crippen LogP contribution is -2.54. The highest BCUT2D eigenvalue weighted by atomic mass is 15.4. The molecule has 0 N–H and O–H groups in total. The fourth-order valence-electron chi connectivity index (χ4n) is 3.36. The standard InChI is InChI=1S/C23H36N2/c1-5-24(3,6-2)19-20-25(4,21-23-15-11-8-12-16-23)18-17-22-13-9-7-10-14-22/h7-16H,5-6,17-21H2,1-4H3/q+2/t25-/m1/s1. The minimum atomic E-state index is 1.10. The van der Waals surface area contributed by atoms with Gasteiger partial charge in [0.2, 0.25) is 0 Å². The number of rotatable bonds is 10. The fraction of sp³-hybridized carbons (Fsp3) is 0.478. The summed E-state index contributed by atoms with van der Waals surface area (Å²) in [7, 11) is 4.83. The van der Waals surface area contributed by atoms with Crippen LogP contribution in [0.15, 0.2) is 60.7 Å². The Hall–Kier alpha value is -1.64. The van der Waals surface area contributed by atoms with Gasteiger partial charge in [0.25, 0.3) is 0 Å². The third-order valence-electron chi connectivity index (χ3n) is 5.90. The molecule has 0 unspecified atom stereocenters. The first-order valence-electron chi connectivity index (χ1n) is 9.73. The molecule has 0 aliphatic heterocycles. The van der Waals surface area contributed by atoms with Crippen molar-refractivity contribution < 1.29 is 8.97 Å². The summed E-state index contributed by atoms with van der Waals surface area (Å²) in [6.07, 6.45) is 1.14. The average molecular weight is 341 g/mol. The second-order valence-electron chi connectivity index (χ2n) is 7.92. The molecule has 0 amide bonds. The van der Waals surface area contributed by atoms with Gasteiger partial charge in [0, 0.05) is 12.0 Å². The van der Waals surface area contributed by atoms with E-state index in [0.29, 0.717) is 0 Å². The number of quaternary nitrogens is 2. The molecule has 0 saturated carbocycles. The second-order valence-corrected chi connectivity index (χ2v) is 7.92. The summed E-state index contributed by atoms with van der Waals surface area (Å²) in [6, 6.07) is 21.9. The lowest BCUT2D eigenvalue weighted by Gasteiger charge is -2.39. The normalized spacial score (nSPS) is 14.2. The van der Waals surface area contributed by atoms with Crippen molar-refractivity contribution in [2.45, 2.75) is 26.8 Å². The Bertz CT molecular complexity index is 605. The van der Waals surface area contributed by atoms with Crippen molar-refractivity contribution in [3.05, 3.63) is 71.8 Å². The van der Waals surface area contributed by atoms with E-state index in [4.69, 9.17) is 0 Å². The van der Waals surface area contributed by atoms with E-state index < -0.39 is 0 Å². The first-order valence-corrected chi connectivity index (χ1v) is 9.73. The highest BCUT2D eigenvalue weighted by Crippen LogP contribution is 2.16. The first kappa shape index (κ1) is 19.7. The number of likely N-dealkylation sites (N-methyl/N-ethyl adjacent to an activating group) is 2. The van der Waals surface area contributed by atoms with Gasteiger partial charge in [-0.25, -0.2) is 0 Å². The zero-order chi connectivity index (χ0) is 18.2. The third kappa shape index (κ3) is 6.30. The van der Waals surface area contributed by atoms with Gasteiger partial charge < -0.3 is 8.97 Å². The fourth-order valence-corrected chi connectivity index (χ4v) is 3.36. The van der Waals surface area contributed by atoms with Crippen LogP contribution in [0.4, 0.5) is 0 Å². The second kappa shape index (κ2) is 9.17. The van der Waals surface area contributed by atoms with E-state index in [2.05, 4.69) is 88.6 Å². The van der Waals surface area contributed by atoms with Crippen LogP contribution in [0, 0.1) is 0 Å². The van der Waals surface area contributed by atoms with Crippen molar-refractivity contribution in [1.82, 2.24) is 0 Å². The zero-order valence-electron chi connectivity index (χ0n) is 16.6. The van der Waals surface area contributed by atoms with Crippen LogP contribution >= 0.6 is 0 Å². The van der Waals surface area contributed by atoms with Crippen molar-refractivity contribution in [2.75, 3.05) is 46.8 Å². The highest BCUT2D eigenvalue weighted by Gasteiger charge is 2.27. The van der Waals surface area contributed by atoms with E-state index in [0.717, 1.165) is 21.9 Å². The van der Waals surface area contributed by atoms with Crippen LogP contribution in [0.3, 0.4) is 0 Å². The number of benzene rings is 2. The van der Waals surface area contributed by atoms with E-state index in [-0.39, 0.29) is 0 Å². The van der Waals surface area contributed by atoms with Gasteiger partial charge in [0.1, 0.15) is 19.6 Å². The molecule has 0 aromatic heterocycles. The molecule has 25 heavy (non-hydrogen) atoms. The summed E-state index contributed by atoms with van der Waals surface area (Å²) >= 11 is 0. The quantitative estimate of drug-likeness (QED) is 0.564. The molecule has 0 fully saturated rings. The SMILES string of the molecule is CC[N+](C)(CC)CC[N@@+](C)(CCc1ccccc1)Cc1ccccc1. The maximum Gasteiger partial charge on any atom is 0.129 e. The predicted octanol–water partition coefficient (Wildman–Crippen LogP) is 4.36. The number of hydrogen-bond acceptors (Lipinski definition) is 0. The van der Waals surface area contributed by atoms with Gasteiger partial charge in [-0.15, -0.1) is 0 Å². The van der Waals surface area contributed by atoms with Gasteiger partial charge in [0.15, 0.2) is 0 Å². The van der Waals surface area contributed by atoms with Crippen LogP contribution < -0.4 is 0 Å². The summed E-state index contributed by atoms with van der Waals surface area (Å²) in [5, 5.41) is 0. The highest BCUT2D eigenvalue weighted by molar-refractivity contribution is 5.15. The van der Waals surface area contributed by atoms with Gasteiger partial charge in [0.05, 0.1) is 33.7 Å². The molecule has 2 heteroatoms. The first-order chi connectivity index (χ1) is 12.0. The maximum atomic E-state index is 2.44. The topological polar surface area (TPSA) is 0 Å². The molecule has 2 rings (SSSR count). The molecular weight excluding hydrogens is 304 g/mol. The van der Waals surface area contributed by atoms with Crippen LogP contribution in [-0.4, -0.2) is 55.8 Å². The van der Waals surface area contributed by atoms with Gasteiger partial charge >= 0.3 is 0 Å². The largest absolute Gasteiger partial charge is 0.322 e. The number of hydrogen-bond donors (Lipinski definition) is 0. The lowest BCUT2D eigenvalue weighted by molar-refractivity contribution is -0.969. The molecular formula is C23H36N2+2. The summed E-state index contributed by atoms with van der Waals surface area (Å²) in [6.45, 7) is 11.8. The van der Waals surface area contributed by atoms with Crippen molar-refractivity contribution >= 4 is 0 Å². The minimum absolute atomic E-state index is 1.10. The maximum absolute atomic E-state index is 2.44. The van der Waals surface area contributed by atoms with Crippen LogP contribution in [0.25, 0.3) is 0 Å². The summed E-state index contributed by atoms with van der Waals surface area (Å²) in [4.78, 5) is 0. The van der Waals surface area contributed by atoms with E-state index in [1.165, 1.54) is 43.9 Å². The van der Waals surface area contributed by atoms with Gasteiger partial charge in [-0.05, 0) is 19.4 Å². The Morgan fingerprint density at radius 3 is 1.60 bits per heavy atom. The van der Waals surface area contributed by atoms with Gasteiger partial charge in [-0.2, -0.15) is 0 Å². The Morgan fingerprint density at radius 2 is 1.08 bits per heavy atom. The van der Waals surface area contributed by atoms with E-state index in [1.54, 1.807) is 0 Å². The lowest BCUT2D eigenvalue weighted by atomic mass is 10.1. The molecule has 2 aromatic rings. The molecule has 0 radical (unpaired) electrons. The summed E-state index contributed by atoms with van der Waals surface area (Å²) in [5.74, 6) is 0. The van der Waals surface area contributed by atoms with E-state index in [9.17, 15) is 0 Å². The Balaban J connectivity index is 2.09. The molecule has 1 atom stereocenters. The molecule has 0 aliphatic rings. The summed E-state index contributed by atoms with van der Waals surface area (Å²) in [5.41, 5.74) is 2.89. The van der Waals surface area contributed by atoms with E-state index in [1.807, 2.05) is 0 Å². The smallest absolute Gasteiger partial charge is 0.129 e. The molecule has 2 nitrogen and oxygen atoms in total. The van der Waals surface area contributed by atoms with Crippen molar-refractivity contribution in [2.24, 2.45) is 0 Å². The van der Waals surface area contributed by atoms with Crippen molar-refractivity contribution in [3.63, 3.8) is 0 Å². The molecule has 0 spiro atoms. The Morgan fingerprint density at radius 1 is 0.600 bits per heavy atom. The molecule has 136 valence electrons. The van der Waals surface area contributed by atoms with Crippen LogP contribution in [-0.2, 0) is 13.0 Å². The summed E-state index contributed by atoms with van der Waals surface area (Å²) < 4.78 is 2.26. The van der Waals surface area contributed by atoms with Gasteiger partial charge in [-0.1, -0.05) is 60.7 Å². The third-order valence-corrected chi connectivity index (χ3v) is 5.90. The van der Waals surface area contributed by atoms with Crippen LogP contribution in [0.1, 0.15) is 25.0 Å². The van der Waals surface area contributed by atoms with Crippen LogP contribution in [0.2, 0.25) is 0 Å². The van der Waals surface area contributed by atoms with Gasteiger partial charge in [-0.3, -0.25) is 0 Å². The molecule has 2 aromatic carbocycles. The molecule has 0 bridgehead atoms. The molecule has 0 heterocycles. The average Bonchev–Trinajstić information content (AvgIpc) is 2.66. The number of nitrogens with zero attached hydrogens (tertiary/aromatic N) is 2. The Kier molecular flexibility index (Phi) is 7.22. The predicted molar refractivity (Wildman–Crippen MR) is 108 cm³/mol. The minimum Gasteiger partial charge on any atom is -0.322 e. The molecule has 0 saturated heterocycles. The molecule has 0 aliphatic carbocycles. The van der Waals surface area contributed by atoms with Crippen molar-refractivity contribution in [3.8, 4) is 0 Å². The monoisotopic (exact) mass is 340 g/mol.